The van der Waals surface area contributed by atoms with Crippen LogP contribution in [0.25, 0.3) is 5.69 Å². The van der Waals surface area contributed by atoms with Gasteiger partial charge in [0.1, 0.15) is 11.6 Å². The minimum Gasteiger partial charge on any atom is -0.494 e. The van der Waals surface area contributed by atoms with E-state index < -0.39 is 56.0 Å². The standard InChI is InChI=1S/C35H39ClF4N4O5S2/c1-35(2,22-16-29(39)33(40)30(17-22)49-6)31-20-41-34(43(31)24-10-8-23(37)9-11-24)50-21-26-27(36)18-25(19-28(26)38)51(47,48)42(14-12-32(45)46)13-7-15-44(3,4)5/h8-11,16-20H,7,12-15,21H2,1-6H3/p+1. The Kier molecular flexibility index (Phi) is 12.6. The first-order valence-corrected chi connectivity index (χ1v) is 18.6. The number of quaternary nitrogens is 1. The van der Waals surface area contributed by atoms with E-state index in [1.807, 2.05) is 21.1 Å². The highest BCUT2D eigenvalue weighted by Gasteiger charge is 2.32. The molecule has 1 heterocycles. The zero-order chi connectivity index (χ0) is 37.9. The molecule has 276 valence electrons. The average Bonchev–Trinajstić information content (AvgIpc) is 3.47. The molecule has 4 rings (SSSR count). The summed E-state index contributed by atoms with van der Waals surface area (Å²) in [5.74, 6) is -5.19. The molecule has 4 aromatic rings. The molecule has 0 atom stereocenters. The van der Waals surface area contributed by atoms with Crippen molar-refractivity contribution in [1.29, 1.82) is 0 Å². The Morgan fingerprint density at radius 2 is 1.71 bits per heavy atom. The van der Waals surface area contributed by atoms with Crippen LogP contribution in [0.1, 0.15) is 43.5 Å². The van der Waals surface area contributed by atoms with Gasteiger partial charge in [0.15, 0.2) is 16.7 Å². The van der Waals surface area contributed by atoms with Crippen LogP contribution >= 0.6 is 23.4 Å². The van der Waals surface area contributed by atoms with Gasteiger partial charge in [0.2, 0.25) is 15.8 Å². The lowest BCUT2D eigenvalue weighted by atomic mass is 9.81. The van der Waals surface area contributed by atoms with Gasteiger partial charge in [-0.15, -0.1) is 0 Å². The molecule has 1 N–H and O–H groups in total. The van der Waals surface area contributed by atoms with Crippen molar-refractivity contribution in [3.8, 4) is 11.4 Å². The maximum Gasteiger partial charge on any atom is 0.304 e. The van der Waals surface area contributed by atoms with E-state index in [9.17, 15) is 31.5 Å². The maximum absolute atomic E-state index is 15.7. The van der Waals surface area contributed by atoms with Crippen molar-refractivity contribution in [3.05, 3.63) is 99.8 Å². The summed E-state index contributed by atoms with van der Waals surface area (Å²) >= 11 is 7.58. The molecule has 0 amide bonds. The molecule has 0 saturated carbocycles. The van der Waals surface area contributed by atoms with Gasteiger partial charge in [-0.2, -0.15) is 8.70 Å². The molecule has 9 nitrogen and oxygen atoms in total. The van der Waals surface area contributed by atoms with Crippen molar-refractivity contribution < 1.29 is 45.1 Å². The smallest absolute Gasteiger partial charge is 0.304 e. The topological polar surface area (TPSA) is 102 Å². The SMILES string of the molecule is COc1cc(C(C)(C)c2cnc(SCc3c(F)cc(S(=O)(=O)N(CCC[N+](C)(C)C)CCC(=O)O)cc3Cl)n2-c2ccc(F)cc2)cc(F)c1F. The molecule has 0 bridgehead atoms. The fourth-order valence-corrected chi connectivity index (χ4v) is 8.35. The Labute approximate surface area is 304 Å². The van der Waals surface area contributed by atoms with Crippen molar-refractivity contribution in [2.24, 2.45) is 0 Å². The van der Waals surface area contributed by atoms with Crippen LogP contribution < -0.4 is 4.74 Å². The van der Waals surface area contributed by atoms with Crippen molar-refractivity contribution in [2.75, 3.05) is 47.9 Å². The van der Waals surface area contributed by atoms with Crippen LogP contribution in [-0.4, -0.2) is 85.7 Å². The summed E-state index contributed by atoms with van der Waals surface area (Å²) in [5.41, 5.74) is 0.318. The van der Waals surface area contributed by atoms with E-state index in [2.05, 4.69) is 4.98 Å². The van der Waals surface area contributed by atoms with Crippen LogP contribution in [0.15, 0.2) is 64.8 Å². The number of carboxylic acid groups (broad SMARTS) is 1. The summed E-state index contributed by atoms with van der Waals surface area (Å²) < 4.78 is 94.2. The van der Waals surface area contributed by atoms with Gasteiger partial charge in [-0.25, -0.2) is 26.6 Å². The van der Waals surface area contributed by atoms with Gasteiger partial charge < -0.3 is 14.3 Å². The molecule has 16 heteroatoms. The summed E-state index contributed by atoms with van der Waals surface area (Å²) in [5, 5.41) is 9.37. The van der Waals surface area contributed by atoms with Crippen LogP contribution in [0, 0.1) is 23.3 Å². The molecule has 3 aromatic carbocycles. The summed E-state index contributed by atoms with van der Waals surface area (Å²) in [6.45, 7) is 3.88. The lowest BCUT2D eigenvalue weighted by Crippen LogP contribution is -2.39. The molecule has 0 fully saturated rings. The number of benzene rings is 3. The maximum atomic E-state index is 15.7. The first-order chi connectivity index (χ1) is 23.8. The van der Waals surface area contributed by atoms with E-state index in [1.165, 1.54) is 43.6 Å². The predicted molar refractivity (Wildman–Crippen MR) is 188 cm³/mol. The number of ether oxygens (including phenoxy) is 1. The largest absolute Gasteiger partial charge is 0.494 e. The van der Waals surface area contributed by atoms with Crippen molar-refractivity contribution in [1.82, 2.24) is 13.9 Å². The third-order valence-electron chi connectivity index (χ3n) is 8.30. The van der Waals surface area contributed by atoms with Crippen molar-refractivity contribution in [3.63, 3.8) is 0 Å². The molecule has 0 aliphatic rings. The van der Waals surface area contributed by atoms with E-state index in [1.54, 1.807) is 18.4 Å². The number of hydrogen-bond donors (Lipinski definition) is 1. The number of rotatable bonds is 16. The third kappa shape index (κ3) is 9.43. The van der Waals surface area contributed by atoms with Crippen LogP contribution in [0.4, 0.5) is 17.6 Å². The highest BCUT2D eigenvalue weighted by atomic mass is 35.5. The van der Waals surface area contributed by atoms with Crippen LogP contribution in [0.2, 0.25) is 5.02 Å². The number of nitrogens with zero attached hydrogens (tertiary/aromatic N) is 4. The number of carboxylic acids is 1. The number of methoxy groups -OCH3 is 1. The zero-order valence-electron chi connectivity index (χ0n) is 29.0. The predicted octanol–water partition coefficient (Wildman–Crippen LogP) is 7.27. The second-order valence-corrected chi connectivity index (χ2v) is 16.7. The van der Waals surface area contributed by atoms with Gasteiger partial charge in [0.25, 0.3) is 0 Å². The minimum absolute atomic E-state index is 0.0115. The van der Waals surface area contributed by atoms with Gasteiger partial charge in [0, 0.05) is 47.0 Å². The molecule has 0 spiro atoms. The summed E-state index contributed by atoms with van der Waals surface area (Å²) in [6, 6.07) is 9.96. The lowest BCUT2D eigenvalue weighted by Gasteiger charge is -2.28. The van der Waals surface area contributed by atoms with Crippen LogP contribution in [0.5, 0.6) is 5.75 Å². The highest BCUT2D eigenvalue weighted by molar-refractivity contribution is 7.98. The number of imidazole rings is 1. The number of thioether (sulfide) groups is 1. The van der Waals surface area contributed by atoms with Gasteiger partial charge in [0.05, 0.1) is 58.0 Å². The molecular weight excluding hydrogens is 732 g/mol. The van der Waals surface area contributed by atoms with Gasteiger partial charge in [-0.05, 0) is 54.1 Å². The lowest BCUT2D eigenvalue weighted by molar-refractivity contribution is -0.870. The quantitative estimate of drug-likeness (QED) is 0.0727. The molecular formula is C35H40ClF4N4O5S2+. The second kappa shape index (κ2) is 15.9. The molecule has 51 heavy (non-hydrogen) atoms. The molecule has 0 saturated heterocycles. The number of carbonyl (C=O) groups is 1. The van der Waals surface area contributed by atoms with Gasteiger partial charge in [-0.3, -0.25) is 9.36 Å². The zero-order valence-corrected chi connectivity index (χ0v) is 31.4. The first kappa shape index (κ1) is 40.1. The molecule has 0 aliphatic carbocycles. The summed E-state index contributed by atoms with van der Waals surface area (Å²) in [6.07, 6.45) is 1.53. The fraction of sp³-hybridized carbons (Fsp3) is 0.371. The Morgan fingerprint density at radius 3 is 2.29 bits per heavy atom. The van der Waals surface area contributed by atoms with E-state index in [4.69, 9.17) is 16.3 Å². The van der Waals surface area contributed by atoms with Crippen LogP contribution in [0.3, 0.4) is 0 Å². The molecule has 0 radical (unpaired) electrons. The number of halogens is 5. The molecule has 0 unspecified atom stereocenters. The monoisotopic (exact) mass is 771 g/mol. The van der Waals surface area contributed by atoms with E-state index in [0.717, 1.165) is 34.3 Å². The number of sulfonamides is 1. The van der Waals surface area contributed by atoms with Gasteiger partial charge in [-0.1, -0.05) is 37.2 Å². The summed E-state index contributed by atoms with van der Waals surface area (Å²) in [7, 11) is 2.74. The number of aromatic nitrogens is 2. The second-order valence-electron chi connectivity index (χ2n) is 13.4. The Morgan fingerprint density at radius 1 is 1.04 bits per heavy atom. The Bertz CT molecular complexity index is 1980. The van der Waals surface area contributed by atoms with Crippen molar-refractivity contribution >= 4 is 39.4 Å². The Hall–Kier alpha value is -3.63. The normalized spacial score (nSPS) is 12.5. The third-order valence-corrected chi connectivity index (χ3v) is 11.5. The first-order valence-electron chi connectivity index (χ1n) is 15.8. The highest BCUT2D eigenvalue weighted by Crippen LogP contribution is 2.40. The van der Waals surface area contributed by atoms with E-state index >= 15 is 4.39 Å². The van der Waals surface area contributed by atoms with E-state index in [0.29, 0.717) is 39.5 Å². The minimum atomic E-state index is -4.31. The van der Waals surface area contributed by atoms with E-state index in [-0.39, 0.29) is 35.2 Å². The fourth-order valence-electron chi connectivity index (χ4n) is 5.38. The average molecular weight is 772 g/mol. The Balaban J connectivity index is 1.69. The number of hydrogen-bond acceptors (Lipinski definition) is 6. The molecule has 0 aliphatic heterocycles. The summed E-state index contributed by atoms with van der Waals surface area (Å²) in [4.78, 5) is 15.4. The van der Waals surface area contributed by atoms with Crippen molar-refractivity contribution in [2.45, 2.75) is 47.9 Å². The van der Waals surface area contributed by atoms with Crippen LogP contribution in [-0.2, 0) is 26.0 Å². The number of aliphatic carboxylic acids is 1. The van der Waals surface area contributed by atoms with Gasteiger partial charge >= 0.3 is 5.97 Å². The molecule has 1 aromatic heterocycles.